The molecule has 0 bridgehead atoms. The van der Waals surface area contributed by atoms with Gasteiger partial charge in [-0.3, -0.25) is 4.79 Å². The van der Waals surface area contributed by atoms with E-state index in [-0.39, 0.29) is 5.78 Å². The second-order valence-electron chi connectivity index (χ2n) is 3.58. The molecule has 0 atom stereocenters. The summed E-state index contributed by atoms with van der Waals surface area (Å²) in [5.74, 6) is 0.264. The fourth-order valence-corrected chi connectivity index (χ4v) is 3.04. The highest BCUT2D eigenvalue weighted by Gasteiger charge is 2.06. The van der Waals surface area contributed by atoms with Crippen LogP contribution in [0.5, 0.6) is 0 Å². The Hall–Kier alpha value is -0.930. The van der Waals surface area contributed by atoms with Crippen LogP contribution in [0, 0.1) is 0 Å². The molecule has 2 aromatic rings. The number of carbonyl (C=O) groups excluding carboxylic acids is 1. The number of hydrogen-bond donors (Lipinski definition) is 0. The van der Waals surface area contributed by atoms with Gasteiger partial charge in [-0.2, -0.15) is 0 Å². The molecule has 3 heteroatoms. The summed E-state index contributed by atoms with van der Waals surface area (Å²) in [6.07, 6.45) is 1.06. The van der Waals surface area contributed by atoms with Crippen LogP contribution in [0.1, 0.15) is 10.4 Å². The first-order chi connectivity index (χ1) is 7.74. The van der Waals surface area contributed by atoms with E-state index in [1.807, 2.05) is 42.5 Å². The smallest absolute Gasteiger partial charge is 0.142 e. The van der Waals surface area contributed by atoms with Crippen LogP contribution in [0.4, 0.5) is 0 Å². The Balaban J connectivity index is 1.95. The average molecular weight is 295 g/mol. The van der Waals surface area contributed by atoms with Gasteiger partial charge in [0.2, 0.25) is 0 Å². The van der Waals surface area contributed by atoms with Gasteiger partial charge in [0, 0.05) is 17.7 Å². The number of Topliss-reactive ketones (excluding diaryl/α,β-unsaturated/α-hetero) is 1. The van der Waals surface area contributed by atoms with E-state index in [1.165, 1.54) is 0 Å². The summed E-state index contributed by atoms with van der Waals surface area (Å²) >= 11 is 5.02. The molecule has 0 saturated carbocycles. The van der Waals surface area contributed by atoms with Crippen molar-refractivity contribution in [2.75, 3.05) is 0 Å². The molecule has 2 rings (SSSR count). The summed E-state index contributed by atoms with van der Waals surface area (Å²) in [4.78, 5) is 12.9. The lowest BCUT2D eigenvalue weighted by Gasteiger charge is -1.99. The maximum Gasteiger partial charge on any atom is 0.142 e. The van der Waals surface area contributed by atoms with E-state index in [0.29, 0.717) is 12.8 Å². The third-order valence-corrected chi connectivity index (χ3v) is 3.87. The lowest BCUT2D eigenvalue weighted by Crippen LogP contribution is -2.05. The van der Waals surface area contributed by atoms with Gasteiger partial charge in [0.1, 0.15) is 5.78 Å². The van der Waals surface area contributed by atoms with Gasteiger partial charge in [0.15, 0.2) is 0 Å². The van der Waals surface area contributed by atoms with Gasteiger partial charge in [-0.25, -0.2) is 0 Å². The summed E-state index contributed by atoms with van der Waals surface area (Å²) in [5.41, 5.74) is 1.09. The number of carbonyl (C=O) groups is 1. The van der Waals surface area contributed by atoms with Crippen molar-refractivity contribution in [1.29, 1.82) is 0 Å². The molecule has 0 spiro atoms. The van der Waals surface area contributed by atoms with Crippen molar-refractivity contribution in [3.8, 4) is 0 Å². The van der Waals surface area contributed by atoms with Crippen molar-refractivity contribution < 1.29 is 4.79 Å². The molecule has 0 aliphatic heterocycles. The number of benzene rings is 1. The summed E-state index contributed by atoms with van der Waals surface area (Å²) in [6, 6.07) is 13.8. The molecule has 0 N–H and O–H groups in total. The molecule has 1 aromatic carbocycles. The van der Waals surface area contributed by atoms with E-state index in [9.17, 15) is 4.79 Å². The highest BCUT2D eigenvalue weighted by molar-refractivity contribution is 9.11. The van der Waals surface area contributed by atoms with Crippen molar-refractivity contribution in [2.45, 2.75) is 12.8 Å². The van der Waals surface area contributed by atoms with Crippen LogP contribution in [-0.2, 0) is 17.6 Å². The zero-order chi connectivity index (χ0) is 11.4. The van der Waals surface area contributed by atoms with Gasteiger partial charge >= 0.3 is 0 Å². The van der Waals surface area contributed by atoms with Gasteiger partial charge < -0.3 is 0 Å². The Bertz CT molecular complexity index is 476. The fraction of sp³-hybridized carbons (Fsp3) is 0.154. The van der Waals surface area contributed by atoms with E-state index in [1.54, 1.807) is 11.3 Å². The lowest BCUT2D eigenvalue weighted by atomic mass is 10.1. The van der Waals surface area contributed by atoms with Gasteiger partial charge in [-0.1, -0.05) is 30.3 Å². The average Bonchev–Trinajstić information content (AvgIpc) is 2.65. The second kappa shape index (κ2) is 5.41. The van der Waals surface area contributed by atoms with Crippen molar-refractivity contribution in [3.63, 3.8) is 0 Å². The zero-order valence-electron chi connectivity index (χ0n) is 8.65. The van der Waals surface area contributed by atoms with Crippen molar-refractivity contribution in [1.82, 2.24) is 0 Å². The Kier molecular flexibility index (Phi) is 3.91. The third-order valence-electron chi connectivity index (χ3n) is 2.24. The topological polar surface area (TPSA) is 17.1 Å². The van der Waals surface area contributed by atoms with E-state index in [4.69, 9.17) is 0 Å². The first-order valence-electron chi connectivity index (χ1n) is 5.04. The lowest BCUT2D eigenvalue weighted by molar-refractivity contribution is -0.117. The van der Waals surface area contributed by atoms with E-state index >= 15 is 0 Å². The second-order valence-corrected chi connectivity index (χ2v) is 6.13. The molecule has 0 fully saturated rings. The highest BCUT2D eigenvalue weighted by Crippen LogP contribution is 2.22. The molecule has 82 valence electrons. The monoisotopic (exact) mass is 294 g/mol. The summed E-state index contributed by atoms with van der Waals surface area (Å²) in [6.45, 7) is 0. The zero-order valence-corrected chi connectivity index (χ0v) is 11.1. The number of halogens is 1. The van der Waals surface area contributed by atoms with Gasteiger partial charge in [0.05, 0.1) is 3.79 Å². The Labute approximate surface area is 107 Å². The minimum absolute atomic E-state index is 0.264. The SMILES string of the molecule is O=C(Cc1ccccc1)Cc1ccc(Br)s1. The molecule has 0 unspecified atom stereocenters. The number of rotatable bonds is 4. The van der Waals surface area contributed by atoms with Crippen molar-refractivity contribution in [3.05, 3.63) is 56.7 Å². The van der Waals surface area contributed by atoms with Crippen LogP contribution in [0.2, 0.25) is 0 Å². The Morgan fingerprint density at radius 2 is 1.81 bits per heavy atom. The standard InChI is InChI=1S/C13H11BrOS/c14-13-7-6-12(16-13)9-11(15)8-10-4-2-1-3-5-10/h1-7H,8-9H2. The molecule has 0 aliphatic rings. The maximum absolute atomic E-state index is 11.8. The van der Waals surface area contributed by atoms with E-state index in [0.717, 1.165) is 14.2 Å². The largest absolute Gasteiger partial charge is 0.299 e. The molecule has 0 aliphatic carbocycles. The normalized spacial score (nSPS) is 10.3. The highest BCUT2D eigenvalue weighted by atomic mass is 79.9. The minimum atomic E-state index is 0.264. The van der Waals surface area contributed by atoms with Gasteiger partial charge in [-0.05, 0) is 33.6 Å². The minimum Gasteiger partial charge on any atom is -0.299 e. The third kappa shape index (κ3) is 3.29. The number of thiophene rings is 1. The van der Waals surface area contributed by atoms with Crippen LogP contribution >= 0.6 is 27.3 Å². The van der Waals surface area contributed by atoms with Gasteiger partial charge in [0.25, 0.3) is 0 Å². The molecule has 0 amide bonds. The summed E-state index contributed by atoms with van der Waals surface area (Å²) < 4.78 is 1.08. The van der Waals surface area contributed by atoms with Crippen LogP contribution in [0.15, 0.2) is 46.3 Å². The molecule has 1 nitrogen and oxygen atoms in total. The van der Waals surface area contributed by atoms with Crippen molar-refractivity contribution >= 4 is 33.0 Å². The van der Waals surface area contributed by atoms with Crippen LogP contribution in [-0.4, -0.2) is 5.78 Å². The maximum atomic E-state index is 11.8. The quantitative estimate of drug-likeness (QED) is 0.837. The first-order valence-corrected chi connectivity index (χ1v) is 6.65. The predicted octanol–water partition coefficient (Wildman–Crippen LogP) is 3.86. The van der Waals surface area contributed by atoms with E-state index < -0.39 is 0 Å². The molecule has 1 aromatic heterocycles. The molecule has 0 radical (unpaired) electrons. The number of ketones is 1. The fourth-order valence-electron chi connectivity index (χ4n) is 1.53. The van der Waals surface area contributed by atoms with E-state index in [2.05, 4.69) is 15.9 Å². The van der Waals surface area contributed by atoms with Crippen molar-refractivity contribution in [2.24, 2.45) is 0 Å². The molecular weight excluding hydrogens is 284 g/mol. The molecule has 1 heterocycles. The Morgan fingerprint density at radius 3 is 2.44 bits per heavy atom. The van der Waals surface area contributed by atoms with Crippen LogP contribution in [0.3, 0.4) is 0 Å². The molecule has 16 heavy (non-hydrogen) atoms. The predicted molar refractivity (Wildman–Crippen MR) is 70.9 cm³/mol. The summed E-state index contributed by atoms with van der Waals surface area (Å²) in [5, 5.41) is 0. The number of hydrogen-bond acceptors (Lipinski definition) is 2. The van der Waals surface area contributed by atoms with Crippen LogP contribution < -0.4 is 0 Å². The van der Waals surface area contributed by atoms with Crippen LogP contribution in [0.25, 0.3) is 0 Å². The first kappa shape index (κ1) is 11.6. The molecular formula is C13H11BrOS. The Morgan fingerprint density at radius 1 is 1.06 bits per heavy atom. The summed E-state index contributed by atoms with van der Waals surface area (Å²) in [7, 11) is 0. The van der Waals surface area contributed by atoms with Gasteiger partial charge in [-0.15, -0.1) is 11.3 Å². The molecule has 0 saturated heterocycles.